The van der Waals surface area contributed by atoms with Gasteiger partial charge in [0.2, 0.25) is 11.8 Å². The van der Waals surface area contributed by atoms with Gasteiger partial charge in [-0.1, -0.05) is 36.4 Å². The van der Waals surface area contributed by atoms with Crippen molar-refractivity contribution in [2.24, 2.45) is 11.8 Å². The molecule has 1 N–H and O–H groups in total. The van der Waals surface area contributed by atoms with E-state index in [-0.39, 0.29) is 29.9 Å². The van der Waals surface area contributed by atoms with Gasteiger partial charge in [-0.25, -0.2) is 8.78 Å². The number of nitrogens with one attached hydrogen (secondary N) is 1. The molecule has 41 heavy (non-hydrogen) atoms. The van der Waals surface area contributed by atoms with Gasteiger partial charge < -0.3 is 4.74 Å². The summed E-state index contributed by atoms with van der Waals surface area (Å²) >= 11 is 0. The number of hydrogen-bond acceptors (Lipinski definition) is 5. The maximum atomic E-state index is 13.6. The number of ketones is 1. The molecule has 2 aliphatic heterocycles. The smallest absolute Gasteiger partial charge is 0.230 e. The minimum atomic E-state index is -0.520. The zero-order valence-electron chi connectivity index (χ0n) is 22.7. The van der Waals surface area contributed by atoms with Gasteiger partial charge >= 0.3 is 0 Å². The number of likely N-dealkylation sites (tertiary alicyclic amines) is 1. The van der Waals surface area contributed by atoms with Crippen molar-refractivity contribution in [3.05, 3.63) is 100 Å². The molecule has 8 heteroatoms. The van der Waals surface area contributed by atoms with E-state index in [1.165, 1.54) is 17.7 Å². The van der Waals surface area contributed by atoms with E-state index >= 15 is 0 Å². The van der Waals surface area contributed by atoms with Crippen molar-refractivity contribution in [2.45, 2.75) is 51.2 Å². The number of fused-ring (bicyclic) bond motifs is 1. The molecule has 6 nitrogen and oxygen atoms in total. The Morgan fingerprint density at radius 2 is 1.56 bits per heavy atom. The maximum Gasteiger partial charge on any atom is 0.230 e. The van der Waals surface area contributed by atoms with Crippen molar-refractivity contribution in [1.82, 2.24) is 10.2 Å². The summed E-state index contributed by atoms with van der Waals surface area (Å²) in [7, 11) is 0. The van der Waals surface area contributed by atoms with E-state index in [2.05, 4.69) is 22.3 Å². The van der Waals surface area contributed by atoms with Crippen molar-refractivity contribution in [3.63, 3.8) is 0 Å². The molecule has 2 saturated heterocycles. The number of ether oxygens (including phenoxy) is 1. The van der Waals surface area contributed by atoms with E-state index in [0.717, 1.165) is 55.2 Å². The minimum Gasteiger partial charge on any atom is -0.489 e. The number of imide groups is 1. The Morgan fingerprint density at radius 1 is 0.854 bits per heavy atom. The Balaban J connectivity index is 1.03. The highest BCUT2D eigenvalue weighted by Crippen LogP contribution is 2.39. The average molecular weight is 559 g/mol. The first kappa shape index (κ1) is 27.3. The van der Waals surface area contributed by atoms with E-state index in [1.54, 1.807) is 12.1 Å². The molecule has 2 heterocycles. The van der Waals surface area contributed by atoms with Gasteiger partial charge in [-0.05, 0) is 79.6 Å². The predicted octanol–water partition coefficient (Wildman–Crippen LogP) is 5.33. The number of nitrogens with zero attached hydrogens (tertiary/aromatic N) is 1. The van der Waals surface area contributed by atoms with Crippen molar-refractivity contribution >= 4 is 17.6 Å². The second kappa shape index (κ2) is 11.5. The first-order valence-electron chi connectivity index (χ1n) is 14.2. The van der Waals surface area contributed by atoms with Gasteiger partial charge in [0.15, 0.2) is 5.78 Å². The summed E-state index contributed by atoms with van der Waals surface area (Å²) in [6.45, 7) is 2.89. The van der Waals surface area contributed by atoms with E-state index in [1.807, 2.05) is 18.2 Å². The molecular formula is C33H32F2N2O4. The van der Waals surface area contributed by atoms with Crippen molar-refractivity contribution in [1.29, 1.82) is 0 Å². The van der Waals surface area contributed by atoms with E-state index < -0.39 is 23.5 Å². The largest absolute Gasteiger partial charge is 0.489 e. The highest BCUT2D eigenvalue weighted by Gasteiger charge is 2.42. The normalized spacial score (nSPS) is 21.6. The van der Waals surface area contributed by atoms with E-state index in [4.69, 9.17) is 4.74 Å². The van der Waals surface area contributed by atoms with Gasteiger partial charge in [0, 0.05) is 42.0 Å². The van der Waals surface area contributed by atoms with Crippen LogP contribution in [0.4, 0.5) is 8.78 Å². The molecule has 0 bridgehead atoms. The van der Waals surface area contributed by atoms with Crippen LogP contribution < -0.4 is 10.1 Å². The standard InChI is InChI=1S/C33H32F2N2O4/c34-24-14-23(15-25(35)16-24)22-10-12-37(13-11-22)18-20-4-6-21(7-5-20)19-41-30-3-1-2-26-28(30)17-29(32(26)39)27-8-9-31(38)36-33(27)40/h1-7,14-16,22,27,29H,8-13,17-19H2,(H,36,38,40). The highest BCUT2D eigenvalue weighted by molar-refractivity contribution is 6.07. The summed E-state index contributed by atoms with van der Waals surface area (Å²) in [6.07, 6.45) is 2.81. The number of rotatable bonds is 7. The van der Waals surface area contributed by atoms with E-state index in [0.29, 0.717) is 30.8 Å². The van der Waals surface area contributed by atoms with Gasteiger partial charge in [-0.15, -0.1) is 0 Å². The van der Waals surface area contributed by atoms with Gasteiger partial charge in [-0.3, -0.25) is 24.6 Å². The molecule has 1 aliphatic carbocycles. The Morgan fingerprint density at radius 3 is 2.27 bits per heavy atom. The molecule has 0 saturated carbocycles. The molecule has 2 atom stereocenters. The molecule has 2 unspecified atom stereocenters. The fourth-order valence-electron chi connectivity index (χ4n) is 6.47. The third kappa shape index (κ3) is 5.93. The summed E-state index contributed by atoms with van der Waals surface area (Å²) < 4.78 is 33.4. The van der Waals surface area contributed by atoms with E-state index in [9.17, 15) is 23.2 Å². The van der Waals surface area contributed by atoms with Crippen LogP contribution in [-0.4, -0.2) is 35.6 Å². The van der Waals surface area contributed by atoms with Crippen LogP contribution >= 0.6 is 0 Å². The van der Waals surface area contributed by atoms with Gasteiger partial charge in [0.05, 0.1) is 0 Å². The molecule has 2 fully saturated rings. The second-order valence-corrected chi connectivity index (χ2v) is 11.4. The summed E-state index contributed by atoms with van der Waals surface area (Å²) in [5.41, 5.74) is 4.35. The predicted molar refractivity (Wildman–Crippen MR) is 148 cm³/mol. The van der Waals surface area contributed by atoms with Gasteiger partial charge in [-0.2, -0.15) is 0 Å². The molecule has 212 valence electrons. The van der Waals surface area contributed by atoms with Crippen LogP contribution in [0.1, 0.15) is 64.2 Å². The van der Waals surface area contributed by atoms with Gasteiger partial charge in [0.1, 0.15) is 24.0 Å². The summed E-state index contributed by atoms with van der Waals surface area (Å²) in [6, 6.07) is 17.5. The van der Waals surface area contributed by atoms with Crippen LogP contribution in [0.5, 0.6) is 5.75 Å². The number of carbonyl (C=O) groups is 3. The molecule has 3 aromatic rings. The van der Waals surface area contributed by atoms with Crippen LogP contribution in [0.3, 0.4) is 0 Å². The Hall–Kier alpha value is -3.91. The zero-order chi connectivity index (χ0) is 28.5. The molecule has 3 aromatic carbocycles. The lowest BCUT2D eigenvalue weighted by molar-refractivity contribution is -0.137. The van der Waals surface area contributed by atoms with Crippen LogP contribution in [0.25, 0.3) is 0 Å². The molecule has 2 amide bonds. The van der Waals surface area contributed by atoms with Crippen LogP contribution in [0.2, 0.25) is 0 Å². The van der Waals surface area contributed by atoms with Crippen molar-refractivity contribution < 1.29 is 27.9 Å². The fourth-order valence-corrected chi connectivity index (χ4v) is 6.47. The molecule has 0 radical (unpaired) electrons. The van der Waals surface area contributed by atoms with Crippen LogP contribution in [0, 0.1) is 23.5 Å². The lowest BCUT2D eigenvalue weighted by atomic mass is 9.83. The summed E-state index contributed by atoms with van der Waals surface area (Å²) in [5.74, 6) is -1.89. The lowest BCUT2D eigenvalue weighted by Gasteiger charge is -2.32. The number of halogens is 2. The Labute approximate surface area is 237 Å². The second-order valence-electron chi connectivity index (χ2n) is 11.4. The third-order valence-corrected chi connectivity index (χ3v) is 8.69. The molecular weight excluding hydrogens is 526 g/mol. The van der Waals surface area contributed by atoms with Crippen LogP contribution in [0.15, 0.2) is 60.7 Å². The van der Waals surface area contributed by atoms with Crippen molar-refractivity contribution in [3.8, 4) is 5.75 Å². The Bertz CT molecular complexity index is 1460. The molecule has 3 aliphatic rings. The number of carbonyl (C=O) groups excluding carboxylic acids is 3. The average Bonchev–Trinajstić information content (AvgIpc) is 3.29. The number of Topliss-reactive ketones (excluding diaryl/α,β-unsaturated/α-hetero) is 1. The van der Waals surface area contributed by atoms with Gasteiger partial charge in [0.25, 0.3) is 0 Å². The van der Waals surface area contributed by atoms with Crippen LogP contribution in [-0.2, 0) is 29.2 Å². The topological polar surface area (TPSA) is 75.7 Å². The fraction of sp³-hybridized carbons (Fsp3) is 0.364. The molecule has 0 spiro atoms. The summed E-state index contributed by atoms with van der Waals surface area (Å²) in [5, 5.41) is 2.37. The number of amides is 2. The summed E-state index contributed by atoms with van der Waals surface area (Å²) in [4.78, 5) is 39.4. The highest BCUT2D eigenvalue weighted by atomic mass is 19.1. The lowest BCUT2D eigenvalue weighted by Crippen LogP contribution is -2.44. The van der Waals surface area contributed by atoms with Crippen molar-refractivity contribution in [2.75, 3.05) is 13.1 Å². The quantitative estimate of drug-likeness (QED) is 0.397. The number of hydrogen-bond donors (Lipinski definition) is 1. The first-order chi connectivity index (χ1) is 19.8. The number of piperidine rings is 2. The first-order valence-corrected chi connectivity index (χ1v) is 14.2. The molecule has 6 rings (SSSR count). The monoisotopic (exact) mass is 558 g/mol. The maximum absolute atomic E-state index is 13.6. The zero-order valence-corrected chi connectivity index (χ0v) is 22.7. The Kier molecular flexibility index (Phi) is 7.67. The SMILES string of the molecule is O=C1CCC(C2Cc3c(OCc4ccc(CN5CCC(c6cc(F)cc(F)c6)CC5)cc4)cccc3C2=O)C(=O)N1. The third-order valence-electron chi connectivity index (χ3n) is 8.69. The number of benzene rings is 3. The minimum absolute atomic E-state index is 0.0589. The molecule has 0 aromatic heterocycles.